The van der Waals surface area contributed by atoms with Gasteiger partial charge in [0.05, 0.1) is 11.8 Å². The summed E-state index contributed by atoms with van der Waals surface area (Å²) in [6.07, 6.45) is 8.11. The number of aromatic amines is 1. The summed E-state index contributed by atoms with van der Waals surface area (Å²) in [7, 11) is 4.13. The molecule has 2 N–H and O–H groups in total. The van der Waals surface area contributed by atoms with Gasteiger partial charge >= 0.3 is 0 Å². The molecule has 2 aromatic rings. The Bertz CT molecular complexity index is 856. The molecule has 0 aromatic carbocycles. The number of fused-ring (bicyclic) bond motifs is 1. The van der Waals surface area contributed by atoms with Gasteiger partial charge in [-0.3, -0.25) is 4.79 Å². The van der Waals surface area contributed by atoms with E-state index < -0.39 is 0 Å². The normalized spacial score (nSPS) is 18.6. The van der Waals surface area contributed by atoms with Crippen LogP contribution in [-0.2, 0) is 24.2 Å². The molecule has 1 amide bonds. The summed E-state index contributed by atoms with van der Waals surface area (Å²) in [5.41, 5.74) is 8.65. The Labute approximate surface area is 146 Å². The molecular formula is C19H22N4O2. The molecule has 1 aliphatic heterocycles. The van der Waals surface area contributed by atoms with Gasteiger partial charge in [-0.2, -0.15) is 5.10 Å². The Morgan fingerprint density at radius 3 is 2.92 bits per heavy atom. The van der Waals surface area contributed by atoms with Crippen molar-refractivity contribution in [3.05, 3.63) is 52.2 Å². The molecule has 0 bridgehead atoms. The summed E-state index contributed by atoms with van der Waals surface area (Å²) in [6, 6.07) is 3.61. The number of carbonyl (C=O) groups is 1. The lowest BCUT2D eigenvalue weighted by Crippen LogP contribution is -2.15. The number of aromatic nitrogens is 1. The standard InChI is InChI=1S/C19H22N4O2/c1-23(2)11-14-12-6-3-4-7-15(12)20-16(14)10-13-18(21-22-19(13)24)17-8-5-9-25-17/h5,8-10,20H,3-4,6-7,11H2,1-2H3,(H,22,24). The minimum Gasteiger partial charge on any atom is -0.463 e. The summed E-state index contributed by atoms with van der Waals surface area (Å²) < 4.78 is 5.43. The van der Waals surface area contributed by atoms with E-state index in [1.54, 1.807) is 12.3 Å². The molecule has 0 unspecified atom stereocenters. The van der Waals surface area contributed by atoms with Crippen molar-refractivity contribution in [3.8, 4) is 0 Å². The van der Waals surface area contributed by atoms with Crippen LogP contribution in [0.5, 0.6) is 0 Å². The number of aryl methyl sites for hydroxylation is 1. The van der Waals surface area contributed by atoms with Crippen molar-refractivity contribution in [1.82, 2.24) is 15.3 Å². The van der Waals surface area contributed by atoms with E-state index in [4.69, 9.17) is 4.42 Å². The zero-order chi connectivity index (χ0) is 17.4. The molecule has 2 aliphatic rings. The maximum absolute atomic E-state index is 12.3. The lowest BCUT2D eigenvalue weighted by atomic mass is 9.94. The lowest BCUT2D eigenvalue weighted by Gasteiger charge is -2.15. The first-order valence-electron chi connectivity index (χ1n) is 8.65. The van der Waals surface area contributed by atoms with Crippen LogP contribution in [0.4, 0.5) is 0 Å². The predicted molar refractivity (Wildman–Crippen MR) is 96.2 cm³/mol. The van der Waals surface area contributed by atoms with Gasteiger partial charge in [-0.25, -0.2) is 5.43 Å². The topological polar surface area (TPSA) is 73.6 Å². The molecule has 2 aromatic heterocycles. The van der Waals surface area contributed by atoms with Gasteiger partial charge in [0.2, 0.25) is 0 Å². The minimum absolute atomic E-state index is 0.199. The number of rotatable bonds is 4. The summed E-state index contributed by atoms with van der Waals surface area (Å²) in [6.45, 7) is 0.847. The second-order valence-corrected chi connectivity index (χ2v) is 6.86. The zero-order valence-electron chi connectivity index (χ0n) is 14.6. The molecule has 0 fully saturated rings. The van der Waals surface area contributed by atoms with Crippen LogP contribution in [0.1, 0.15) is 41.1 Å². The third kappa shape index (κ3) is 2.93. The van der Waals surface area contributed by atoms with Gasteiger partial charge in [-0.15, -0.1) is 0 Å². The number of nitrogens with zero attached hydrogens (tertiary/aromatic N) is 2. The number of carbonyl (C=O) groups excluding carboxylic acids is 1. The van der Waals surface area contributed by atoms with Crippen molar-refractivity contribution in [2.45, 2.75) is 32.2 Å². The van der Waals surface area contributed by atoms with Crippen LogP contribution < -0.4 is 5.43 Å². The highest BCUT2D eigenvalue weighted by molar-refractivity contribution is 6.32. The zero-order valence-corrected chi connectivity index (χ0v) is 14.6. The van der Waals surface area contributed by atoms with E-state index in [2.05, 4.69) is 34.5 Å². The Kier molecular flexibility index (Phi) is 4.05. The number of hydrogen-bond acceptors (Lipinski definition) is 4. The van der Waals surface area contributed by atoms with Crippen LogP contribution in [0.2, 0.25) is 0 Å². The van der Waals surface area contributed by atoms with Crippen molar-refractivity contribution in [2.24, 2.45) is 5.10 Å². The Balaban J connectivity index is 1.78. The highest BCUT2D eigenvalue weighted by Crippen LogP contribution is 2.30. The van der Waals surface area contributed by atoms with E-state index in [0.717, 1.165) is 25.1 Å². The third-order valence-electron chi connectivity index (χ3n) is 4.73. The van der Waals surface area contributed by atoms with Crippen molar-refractivity contribution in [3.63, 3.8) is 0 Å². The number of furan rings is 1. The number of hydrazone groups is 1. The van der Waals surface area contributed by atoms with Crippen LogP contribution in [-0.4, -0.2) is 35.6 Å². The first-order chi connectivity index (χ1) is 12.1. The van der Waals surface area contributed by atoms with Gasteiger partial charge in [-0.1, -0.05) is 0 Å². The number of hydrogen-bond donors (Lipinski definition) is 2. The van der Waals surface area contributed by atoms with E-state index in [9.17, 15) is 4.79 Å². The molecule has 0 radical (unpaired) electrons. The minimum atomic E-state index is -0.199. The highest BCUT2D eigenvalue weighted by Gasteiger charge is 2.27. The smallest absolute Gasteiger partial charge is 0.273 e. The quantitative estimate of drug-likeness (QED) is 0.841. The van der Waals surface area contributed by atoms with Crippen LogP contribution in [0.3, 0.4) is 0 Å². The molecule has 0 spiro atoms. The van der Waals surface area contributed by atoms with Crippen molar-refractivity contribution >= 4 is 17.7 Å². The number of H-pyrrole nitrogens is 1. The van der Waals surface area contributed by atoms with Gasteiger partial charge in [0.1, 0.15) is 5.71 Å². The molecule has 4 rings (SSSR count). The summed E-state index contributed by atoms with van der Waals surface area (Å²) in [5, 5.41) is 4.14. The molecule has 0 atom stereocenters. The van der Waals surface area contributed by atoms with Gasteiger partial charge in [0, 0.05) is 17.9 Å². The lowest BCUT2D eigenvalue weighted by molar-refractivity contribution is -0.116. The first kappa shape index (κ1) is 15.9. The van der Waals surface area contributed by atoms with Crippen LogP contribution in [0, 0.1) is 0 Å². The molecule has 0 saturated carbocycles. The van der Waals surface area contributed by atoms with Crippen molar-refractivity contribution in [2.75, 3.05) is 14.1 Å². The van der Waals surface area contributed by atoms with Crippen molar-refractivity contribution < 1.29 is 9.21 Å². The molecule has 130 valence electrons. The average molecular weight is 338 g/mol. The van der Waals surface area contributed by atoms with Crippen LogP contribution in [0.25, 0.3) is 6.08 Å². The molecule has 3 heterocycles. The van der Waals surface area contributed by atoms with E-state index in [1.165, 1.54) is 29.7 Å². The van der Waals surface area contributed by atoms with Gasteiger partial charge < -0.3 is 14.3 Å². The highest BCUT2D eigenvalue weighted by atomic mass is 16.3. The monoisotopic (exact) mass is 338 g/mol. The fraction of sp³-hybridized carbons (Fsp3) is 0.368. The van der Waals surface area contributed by atoms with Crippen LogP contribution in [0.15, 0.2) is 33.5 Å². The predicted octanol–water partition coefficient (Wildman–Crippen LogP) is 2.47. The Morgan fingerprint density at radius 1 is 1.32 bits per heavy atom. The Hall–Kier alpha value is -2.60. The van der Waals surface area contributed by atoms with E-state index in [-0.39, 0.29) is 5.91 Å². The average Bonchev–Trinajstić information content (AvgIpc) is 3.29. The fourth-order valence-corrected chi connectivity index (χ4v) is 3.61. The molecule has 25 heavy (non-hydrogen) atoms. The summed E-state index contributed by atoms with van der Waals surface area (Å²) in [5.74, 6) is 0.393. The summed E-state index contributed by atoms with van der Waals surface area (Å²) in [4.78, 5) is 18.0. The molecule has 6 heteroatoms. The van der Waals surface area contributed by atoms with Gasteiger partial charge in [0.25, 0.3) is 5.91 Å². The summed E-state index contributed by atoms with van der Waals surface area (Å²) >= 11 is 0. The third-order valence-corrected chi connectivity index (χ3v) is 4.73. The van der Waals surface area contributed by atoms with E-state index in [1.807, 2.05) is 12.1 Å². The van der Waals surface area contributed by atoms with Crippen molar-refractivity contribution in [1.29, 1.82) is 0 Å². The van der Waals surface area contributed by atoms with E-state index >= 15 is 0 Å². The van der Waals surface area contributed by atoms with Gasteiger partial charge in [-0.05, 0) is 69.1 Å². The molecule has 6 nitrogen and oxygen atoms in total. The fourth-order valence-electron chi connectivity index (χ4n) is 3.61. The molecule has 1 aliphatic carbocycles. The number of amides is 1. The molecule has 0 saturated heterocycles. The van der Waals surface area contributed by atoms with Crippen LogP contribution >= 0.6 is 0 Å². The Morgan fingerprint density at radius 2 is 2.16 bits per heavy atom. The van der Waals surface area contributed by atoms with Gasteiger partial charge in [0.15, 0.2) is 5.76 Å². The number of nitrogens with one attached hydrogen (secondary N) is 2. The maximum Gasteiger partial charge on any atom is 0.273 e. The largest absolute Gasteiger partial charge is 0.463 e. The maximum atomic E-state index is 12.3. The second kappa shape index (κ2) is 6.37. The second-order valence-electron chi connectivity index (χ2n) is 6.86. The van der Waals surface area contributed by atoms with E-state index in [0.29, 0.717) is 17.0 Å². The SMILES string of the molecule is CN(C)Cc1c(C=C2C(=O)NN=C2c2ccco2)[nH]c2c1CCCC2. The first-order valence-corrected chi connectivity index (χ1v) is 8.65. The molecular weight excluding hydrogens is 316 g/mol.